The predicted molar refractivity (Wildman–Crippen MR) is 139 cm³/mol. The molecule has 0 radical (unpaired) electrons. The summed E-state index contributed by atoms with van der Waals surface area (Å²) in [5.41, 5.74) is -1.65. The zero-order valence-electron chi connectivity index (χ0n) is 20.6. The molecule has 11 nitrogen and oxygen atoms in total. The Morgan fingerprint density at radius 1 is 0.690 bits per heavy atom. The molecule has 2 aliphatic carbocycles. The summed E-state index contributed by atoms with van der Waals surface area (Å²) in [6, 6.07) is 8.91. The fourth-order valence-corrected chi connectivity index (χ4v) is 4.89. The molecule has 0 unspecified atom stereocenters. The van der Waals surface area contributed by atoms with Crippen LogP contribution >= 0.6 is 0 Å². The first-order valence-corrected chi connectivity index (χ1v) is 11.3. The van der Waals surface area contributed by atoms with Crippen molar-refractivity contribution in [3.63, 3.8) is 0 Å². The molecule has 0 fully saturated rings. The normalized spacial score (nSPS) is 15.1. The monoisotopic (exact) mass is 545 g/mol. The highest BCUT2D eigenvalue weighted by Crippen LogP contribution is 2.56. The first-order chi connectivity index (χ1) is 20.4. The highest BCUT2D eigenvalue weighted by molar-refractivity contribution is 6.30. The van der Waals surface area contributed by atoms with Crippen LogP contribution in [-0.4, -0.2) is 19.9 Å². The Labute approximate surface area is 235 Å². The number of fused-ring (bicyclic) bond motifs is 2. The molecule has 13 heteroatoms. The van der Waals surface area contributed by atoms with Crippen molar-refractivity contribution in [2.24, 2.45) is 0 Å². The van der Waals surface area contributed by atoms with Crippen LogP contribution in [0.4, 0.5) is 8.78 Å². The minimum atomic E-state index is -1.07. The molecule has 3 aromatic rings. The van der Waals surface area contributed by atoms with Gasteiger partial charge in [0.15, 0.2) is 0 Å². The Kier molecular flexibility index (Phi) is 6.29. The van der Waals surface area contributed by atoms with Crippen LogP contribution in [0.5, 0.6) is 0 Å². The SMILES string of the molecule is [C-]#[N+]C1=C(c2cnc(F)nc2)/C(=C(/C#N)[N+]#[C-])c2c1cc1c(c2C#N)/C(=C(/C#N)[N+]#[C-])C(c2cnc(F)nc2)=C1C#N. The number of halogens is 2. The minimum absolute atomic E-state index is 0.0152. The average Bonchev–Trinajstić information content (AvgIpc) is 3.51. The zero-order valence-corrected chi connectivity index (χ0v) is 20.6. The smallest absolute Gasteiger partial charge is 0.237 e. The molecule has 2 aliphatic rings. The lowest BCUT2D eigenvalue weighted by Gasteiger charge is -2.15. The molecule has 0 atom stereocenters. The van der Waals surface area contributed by atoms with E-state index in [0.29, 0.717) is 0 Å². The Balaban J connectivity index is 2.02. The summed E-state index contributed by atoms with van der Waals surface area (Å²) < 4.78 is 27.1. The van der Waals surface area contributed by atoms with Gasteiger partial charge in [-0.1, -0.05) is 6.07 Å². The molecule has 0 amide bonds. The maximum atomic E-state index is 13.6. The molecule has 42 heavy (non-hydrogen) atoms. The van der Waals surface area contributed by atoms with E-state index in [0.717, 1.165) is 24.8 Å². The number of nitriles is 4. The highest BCUT2D eigenvalue weighted by atomic mass is 19.1. The molecule has 190 valence electrons. The van der Waals surface area contributed by atoms with Gasteiger partial charge in [0, 0.05) is 52.6 Å². The van der Waals surface area contributed by atoms with Crippen molar-refractivity contribution in [3.05, 3.63) is 128 Å². The lowest BCUT2D eigenvalue weighted by molar-refractivity contribution is 0.537. The first-order valence-electron chi connectivity index (χ1n) is 11.3. The predicted octanol–water partition coefficient (Wildman–Crippen LogP) is 4.97. The largest absolute Gasteiger partial charge is 0.308 e. The molecule has 0 bridgehead atoms. The van der Waals surface area contributed by atoms with Crippen LogP contribution in [0.3, 0.4) is 0 Å². The number of nitrogens with zero attached hydrogens (tertiary/aromatic N) is 11. The minimum Gasteiger partial charge on any atom is -0.237 e. The zero-order chi connectivity index (χ0) is 30.1. The second-order valence-electron chi connectivity index (χ2n) is 8.28. The standard InChI is InChI=1S/C29H5F2N11/c1-36-19(7-34)25-21(13-9-39-28(30)40-10-13)17(5-32)15-4-16-24(18(6-33)23(15)25)26(20(8-35)37-2)22(27(16)38-3)14-11-41-29(31)42-12-14/h4,9-12H/b25-19-,26-20+. The number of hydrogen-bond acceptors (Lipinski definition) is 8. The van der Waals surface area contributed by atoms with E-state index >= 15 is 0 Å². The van der Waals surface area contributed by atoms with E-state index in [1.165, 1.54) is 6.07 Å². The van der Waals surface area contributed by atoms with Crippen LogP contribution in [-0.2, 0) is 0 Å². The van der Waals surface area contributed by atoms with Crippen molar-refractivity contribution in [1.82, 2.24) is 19.9 Å². The summed E-state index contributed by atoms with van der Waals surface area (Å²) in [5.74, 6) is 0. The number of benzene rings is 1. The molecule has 0 N–H and O–H groups in total. The van der Waals surface area contributed by atoms with Gasteiger partial charge in [-0.05, 0) is 27.8 Å². The van der Waals surface area contributed by atoms with Gasteiger partial charge < -0.3 is 0 Å². The van der Waals surface area contributed by atoms with E-state index in [-0.39, 0.29) is 72.5 Å². The Morgan fingerprint density at radius 3 is 1.60 bits per heavy atom. The van der Waals surface area contributed by atoms with Crippen LogP contribution in [0, 0.1) is 77.2 Å². The molecule has 2 aromatic heterocycles. The molecule has 0 saturated heterocycles. The summed E-state index contributed by atoms with van der Waals surface area (Å²) >= 11 is 0. The van der Waals surface area contributed by atoms with Gasteiger partial charge in [0.2, 0.25) is 5.70 Å². The van der Waals surface area contributed by atoms with Gasteiger partial charge in [-0.2, -0.15) is 19.3 Å². The number of aromatic nitrogens is 4. The number of allylic oxidation sites excluding steroid dienone is 7. The fraction of sp³-hybridized carbons (Fsp3) is 0. The lowest BCUT2D eigenvalue weighted by atomic mass is 9.86. The summed E-state index contributed by atoms with van der Waals surface area (Å²) in [7, 11) is 0. The van der Waals surface area contributed by atoms with Gasteiger partial charge in [-0.15, -0.1) is 0 Å². The van der Waals surface area contributed by atoms with Crippen molar-refractivity contribution >= 4 is 33.6 Å². The van der Waals surface area contributed by atoms with Crippen molar-refractivity contribution in [1.29, 1.82) is 21.0 Å². The van der Waals surface area contributed by atoms with Gasteiger partial charge in [0.05, 0.1) is 43.0 Å². The van der Waals surface area contributed by atoms with Crippen LogP contribution in [0.25, 0.3) is 48.1 Å². The molecule has 2 heterocycles. The first kappa shape index (κ1) is 26.2. The van der Waals surface area contributed by atoms with Gasteiger partial charge in [0.25, 0.3) is 11.4 Å². The fourth-order valence-electron chi connectivity index (χ4n) is 4.89. The van der Waals surface area contributed by atoms with Crippen LogP contribution in [0.2, 0.25) is 0 Å². The summed E-state index contributed by atoms with van der Waals surface area (Å²) in [5, 5.41) is 40.5. The third kappa shape index (κ3) is 3.65. The van der Waals surface area contributed by atoms with E-state index in [1.54, 1.807) is 12.1 Å². The molecular formula is C29H5F2N11. The molecule has 0 aliphatic heterocycles. The quantitative estimate of drug-likeness (QED) is 0.248. The second-order valence-corrected chi connectivity index (χ2v) is 8.28. The molecular weight excluding hydrogens is 540 g/mol. The van der Waals surface area contributed by atoms with Crippen LogP contribution in [0.15, 0.2) is 42.2 Å². The van der Waals surface area contributed by atoms with Crippen molar-refractivity contribution in [2.75, 3.05) is 0 Å². The lowest BCUT2D eigenvalue weighted by Crippen LogP contribution is -2.01. The third-order valence-electron chi connectivity index (χ3n) is 6.40. The van der Waals surface area contributed by atoms with Crippen LogP contribution in [0.1, 0.15) is 38.9 Å². The molecule has 5 rings (SSSR count). The summed E-state index contributed by atoms with van der Waals surface area (Å²) in [6.45, 7) is 23.2. The Hall–Kier alpha value is -7.37. The van der Waals surface area contributed by atoms with Crippen molar-refractivity contribution < 1.29 is 8.78 Å². The van der Waals surface area contributed by atoms with Gasteiger partial charge in [-0.25, -0.2) is 45.0 Å². The Morgan fingerprint density at radius 2 is 1.17 bits per heavy atom. The van der Waals surface area contributed by atoms with Crippen molar-refractivity contribution in [3.8, 4) is 24.3 Å². The maximum Gasteiger partial charge on any atom is 0.308 e. The number of hydrogen-bond donors (Lipinski definition) is 0. The van der Waals surface area contributed by atoms with E-state index < -0.39 is 23.6 Å². The second kappa shape index (κ2) is 10.1. The van der Waals surface area contributed by atoms with E-state index in [9.17, 15) is 29.8 Å². The summed E-state index contributed by atoms with van der Waals surface area (Å²) in [6.07, 6.45) is 2.08. The van der Waals surface area contributed by atoms with E-state index in [2.05, 4.69) is 34.5 Å². The molecule has 0 spiro atoms. The topological polar surface area (TPSA) is 160 Å². The maximum absolute atomic E-state index is 13.6. The average molecular weight is 545 g/mol. The van der Waals surface area contributed by atoms with Crippen molar-refractivity contribution in [2.45, 2.75) is 0 Å². The number of rotatable bonds is 2. The van der Waals surface area contributed by atoms with Crippen LogP contribution < -0.4 is 0 Å². The van der Waals surface area contributed by atoms with Gasteiger partial charge >= 0.3 is 12.2 Å². The Bertz CT molecular complexity index is 2020. The van der Waals surface area contributed by atoms with Gasteiger partial charge in [-0.3, -0.25) is 0 Å². The van der Waals surface area contributed by atoms with Gasteiger partial charge in [0.1, 0.15) is 12.1 Å². The molecule has 1 aromatic carbocycles. The summed E-state index contributed by atoms with van der Waals surface area (Å²) in [4.78, 5) is 24.2. The third-order valence-corrected chi connectivity index (χ3v) is 6.40. The van der Waals surface area contributed by atoms with E-state index in [4.69, 9.17) is 19.7 Å². The van der Waals surface area contributed by atoms with E-state index in [1.807, 2.05) is 12.1 Å². The molecule has 0 saturated carbocycles. The highest BCUT2D eigenvalue weighted by Gasteiger charge is 2.40.